The van der Waals surface area contributed by atoms with Gasteiger partial charge in [-0.1, -0.05) is 25.7 Å². The highest BCUT2D eigenvalue weighted by atomic mass is 16.2. The van der Waals surface area contributed by atoms with Crippen molar-refractivity contribution in [2.75, 3.05) is 19.6 Å². The molecule has 3 N–H and O–H groups in total. The van der Waals surface area contributed by atoms with Crippen molar-refractivity contribution in [2.24, 2.45) is 5.73 Å². The third-order valence-electron chi connectivity index (χ3n) is 3.87. The van der Waals surface area contributed by atoms with Crippen molar-refractivity contribution in [3.8, 4) is 0 Å². The first-order valence-electron chi connectivity index (χ1n) is 6.94. The Labute approximate surface area is 105 Å². The van der Waals surface area contributed by atoms with Crippen LogP contribution in [0.2, 0.25) is 0 Å². The molecule has 0 aliphatic heterocycles. The van der Waals surface area contributed by atoms with Crippen molar-refractivity contribution in [3.05, 3.63) is 0 Å². The van der Waals surface area contributed by atoms with Gasteiger partial charge in [-0.05, 0) is 26.7 Å². The maximum absolute atomic E-state index is 12.1. The van der Waals surface area contributed by atoms with Crippen LogP contribution < -0.4 is 11.1 Å². The lowest BCUT2D eigenvalue weighted by Crippen LogP contribution is -2.57. The minimum absolute atomic E-state index is 0.0438. The smallest absolute Gasteiger partial charge is 0.317 e. The van der Waals surface area contributed by atoms with Gasteiger partial charge < -0.3 is 16.0 Å². The lowest BCUT2D eigenvalue weighted by atomic mass is 9.90. The number of carbonyl (C=O) groups excluding carboxylic acids is 1. The molecule has 0 saturated heterocycles. The van der Waals surface area contributed by atoms with Crippen molar-refractivity contribution < 1.29 is 4.79 Å². The molecule has 0 unspecified atom stereocenters. The summed E-state index contributed by atoms with van der Waals surface area (Å²) in [5.74, 6) is 0. The van der Waals surface area contributed by atoms with Gasteiger partial charge in [0, 0.05) is 19.6 Å². The van der Waals surface area contributed by atoms with E-state index in [1.54, 1.807) is 0 Å². The molecule has 0 spiro atoms. The number of hydrogen-bond acceptors (Lipinski definition) is 2. The summed E-state index contributed by atoms with van der Waals surface area (Å²) in [4.78, 5) is 13.9. The van der Waals surface area contributed by atoms with Crippen LogP contribution >= 0.6 is 0 Å². The zero-order valence-electron chi connectivity index (χ0n) is 11.3. The highest BCUT2D eigenvalue weighted by molar-refractivity contribution is 5.75. The fourth-order valence-electron chi connectivity index (χ4n) is 2.60. The third-order valence-corrected chi connectivity index (χ3v) is 3.87. The van der Waals surface area contributed by atoms with Crippen molar-refractivity contribution in [1.29, 1.82) is 0 Å². The van der Waals surface area contributed by atoms with E-state index >= 15 is 0 Å². The van der Waals surface area contributed by atoms with Crippen LogP contribution in [0.4, 0.5) is 4.79 Å². The number of carbonyl (C=O) groups is 1. The SMILES string of the molecule is CCN(CC)C(=O)NC1(CN)CCCCCC1. The Bertz CT molecular complexity index is 231. The van der Waals surface area contributed by atoms with Crippen LogP contribution in [0, 0.1) is 0 Å². The van der Waals surface area contributed by atoms with Gasteiger partial charge in [0.05, 0.1) is 5.54 Å². The highest BCUT2D eigenvalue weighted by Gasteiger charge is 2.32. The third kappa shape index (κ3) is 3.87. The average Bonchev–Trinajstić information content (AvgIpc) is 2.57. The monoisotopic (exact) mass is 241 g/mol. The summed E-state index contributed by atoms with van der Waals surface area (Å²) in [6, 6.07) is 0.0438. The molecule has 2 amide bonds. The highest BCUT2D eigenvalue weighted by Crippen LogP contribution is 2.26. The van der Waals surface area contributed by atoms with E-state index in [9.17, 15) is 4.79 Å². The molecule has 0 bridgehead atoms. The molecule has 1 aliphatic carbocycles. The molecule has 0 aromatic carbocycles. The van der Waals surface area contributed by atoms with Crippen LogP contribution in [0.1, 0.15) is 52.4 Å². The first kappa shape index (κ1) is 14.3. The van der Waals surface area contributed by atoms with E-state index in [4.69, 9.17) is 5.73 Å². The zero-order valence-corrected chi connectivity index (χ0v) is 11.3. The lowest BCUT2D eigenvalue weighted by Gasteiger charge is -2.35. The number of hydrogen-bond donors (Lipinski definition) is 2. The molecule has 17 heavy (non-hydrogen) atoms. The van der Waals surface area contributed by atoms with Crippen LogP contribution in [-0.2, 0) is 0 Å². The number of amides is 2. The van der Waals surface area contributed by atoms with E-state index in [1.165, 1.54) is 25.7 Å². The number of nitrogens with zero attached hydrogens (tertiary/aromatic N) is 1. The summed E-state index contributed by atoms with van der Waals surface area (Å²) in [6.07, 6.45) is 6.93. The Morgan fingerprint density at radius 1 is 1.18 bits per heavy atom. The minimum atomic E-state index is -0.157. The van der Waals surface area contributed by atoms with E-state index in [1.807, 2.05) is 18.7 Å². The standard InChI is InChI=1S/C13H27N3O/c1-3-16(4-2)12(17)15-13(11-14)9-7-5-6-8-10-13/h3-11,14H2,1-2H3,(H,15,17). The fourth-order valence-corrected chi connectivity index (χ4v) is 2.60. The van der Waals surface area contributed by atoms with Gasteiger partial charge in [-0.25, -0.2) is 4.79 Å². The number of nitrogens with two attached hydrogens (primary N) is 1. The number of nitrogens with one attached hydrogen (secondary N) is 1. The molecule has 0 aromatic heterocycles. The van der Waals surface area contributed by atoms with E-state index in [0.29, 0.717) is 6.54 Å². The fraction of sp³-hybridized carbons (Fsp3) is 0.923. The van der Waals surface area contributed by atoms with Crippen LogP contribution in [0.5, 0.6) is 0 Å². The second kappa shape index (κ2) is 6.84. The average molecular weight is 241 g/mol. The Hall–Kier alpha value is -0.770. The van der Waals surface area contributed by atoms with Gasteiger partial charge in [-0.3, -0.25) is 0 Å². The summed E-state index contributed by atoms with van der Waals surface area (Å²) >= 11 is 0. The molecule has 4 heteroatoms. The second-order valence-corrected chi connectivity index (χ2v) is 5.00. The van der Waals surface area contributed by atoms with Gasteiger partial charge in [0.15, 0.2) is 0 Å². The Kier molecular flexibility index (Phi) is 5.75. The van der Waals surface area contributed by atoms with Crippen LogP contribution in [0.15, 0.2) is 0 Å². The quantitative estimate of drug-likeness (QED) is 0.740. The topological polar surface area (TPSA) is 58.4 Å². The summed E-state index contributed by atoms with van der Waals surface area (Å²) in [6.45, 7) is 6.07. The molecular weight excluding hydrogens is 214 g/mol. The molecule has 1 fully saturated rings. The Balaban J connectivity index is 2.63. The molecule has 0 aromatic rings. The molecule has 4 nitrogen and oxygen atoms in total. The molecule has 1 aliphatic rings. The van der Waals surface area contributed by atoms with Gasteiger partial charge in [-0.2, -0.15) is 0 Å². The number of urea groups is 1. The van der Waals surface area contributed by atoms with E-state index in [0.717, 1.165) is 25.9 Å². The van der Waals surface area contributed by atoms with E-state index in [2.05, 4.69) is 5.32 Å². The molecule has 1 saturated carbocycles. The predicted molar refractivity (Wildman–Crippen MR) is 70.9 cm³/mol. The summed E-state index contributed by atoms with van der Waals surface area (Å²) in [7, 11) is 0. The van der Waals surface area contributed by atoms with Crippen molar-refractivity contribution in [2.45, 2.75) is 57.9 Å². The van der Waals surface area contributed by atoms with Crippen molar-refractivity contribution >= 4 is 6.03 Å². The second-order valence-electron chi connectivity index (χ2n) is 5.00. The molecule has 0 heterocycles. The van der Waals surface area contributed by atoms with Crippen molar-refractivity contribution in [3.63, 3.8) is 0 Å². The zero-order chi connectivity index (χ0) is 12.7. The van der Waals surface area contributed by atoms with Gasteiger partial charge in [0.2, 0.25) is 0 Å². The normalized spacial score (nSPS) is 19.5. The maximum atomic E-state index is 12.1. The molecule has 1 rings (SSSR count). The molecule has 0 atom stereocenters. The molecule has 100 valence electrons. The van der Waals surface area contributed by atoms with Crippen LogP contribution in [0.25, 0.3) is 0 Å². The Morgan fingerprint density at radius 3 is 2.12 bits per heavy atom. The lowest BCUT2D eigenvalue weighted by molar-refractivity contribution is 0.183. The van der Waals surface area contributed by atoms with E-state index < -0.39 is 0 Å². The summed E-state index contributed by atoms with van der Waals surface area (Å²) in [5, 5.41) is 3.19. The van der Waals surface area contributed by atoms with Gasteiger partial charge in [0.25, 0.3) is 0 Å². The minimum Gasteiger partial charge on any atom is -0.331 e. The van der Waals surface area contributed by atoms with Crippen molar-refractivity contribution in [1.82, 2.24) is 10.2 Å². The summed E-state index contributed by atoms with van der Waals surface area (Å²) < 4.78 is 0. The first-order chi connectivity index (χ1) is 8.17. The summed E-state index contributed by atoms with van der Waals surface area (Å²) in [5.41, 5.74) is 5.75. The molecule has 0 radical (unpaired) electrons. The van der Waals surface area contributed by atoms with Gasteiger partial charge in [0.1, 0.15) is 0 Å². The molecular formula is C13H27N3O. The van der Waals surface area contributed by atoms with Gasteiger partial charge >= 0.3 is 6.03 Å². The first-order valence-corrected chi connectivity index (χ1v) is 6.94. The van der Waals surface area contributed by atoms with Crippen LogP contribution in [0.3, 0.4) is 0 Å². The van der Waals surface area contributed by atoms with Crippen LogP contribution in [-0.4, -0.2) is 36.1 Å². The number of rotatable bonds is 4. The maximum Gasteiger partial charge on any atom is 0.317 e. The largest absolute Gasteiger partial charge is 0.331 e. The van der Waals surface area contributed by atoms with E-state index in [-0.39, 0.29) is 11.6 Å². The van der Waals surface area contributed by atoms with Gasteiger partial charge in [-0.15, -0.1) is 0 Å². The Morgan fingerprint density at radius 2 is 1.71 bits per heavy atom. The predicted octanol–water partition coefficient (Wildman–Crippen LogP) is 2.09.